The van der Waals surface area contributed by atoms with Crippen LogP contribution in [0.15, 0.2) is 36.4 Å². The topological polar surface area (TPSA) is 155 Å². The summed E-state index contributed by atoms with van der Waals surface area (Å²) in [7, 11) is 0. The van der Waals surface area contributed by atoms with Gasteiger partial charge in [-0.1, -0.05) is 6.07 Å². The van der Waals surface area contributed by atoms with Gasteiger partial charge in [0, 0.05) is 62.9 Å². The second-order valence-corrected chi connectivity index (χ2v) is 8.34. The average Bonchev–Trinajstić information content (AvgIpc) is 2.84. The number of aliphatic hydroxyl groups excluding tert-OH is 4. The summed E-state index contributed by atoms with van der Waals surface area (Å²) >= 11 is 0. The SMILES string of the molecule is Nc1cc(N(CCO)CCO)ccc1C1CNCCN1c1ccc(N(CCO)CCO)cc1N. The number of aliphatic hydroxyl groups is 4. The molecule has 1 saturated heterocycles. The van der Waals surface area contributed by atoms with Gasteiger partial charge in [-0.25, -0.2) is 0 Å². The first-order valence-corrected chi connectivity index (χ1v) is 11.7. The zero-order valence-electron chi connectivity index (χ0n) is 19.6. The monoisotopic (exact) mass is 474 g/mol. The molecule has 0 aliphatic carbocycles. The maximum atomic E-state index is 9.34. The van der Waals surface area contributed by atoms with Gasteiger partial charge in [0.05, 0.1) is 43.8 Å². The summed E-state index contributed by atoms with van der Waals surface area (Å²) in [6.07, 6.45) is 0. The lowest BCUT2D eigenvalue weighted by Gasteiger charge is -2.40. The minimum atomic E-state index is -0.0222. The van der Waals surface area contributed by atoms with Crippen molar-refractivity contribution < 1.29 is 20.4 Å². The molecule has 9 N–H and O–H groups in total. The van der Waals surface area contributed by atoms with E-state index in [1.165, 1.54) is 0 Å². The largest absolute Gasteiger partial charge is 0.398 e. The van der Waals surface area contributed by atoms with Gasteiger partial charge in [-0.2, -0.15) is 0 Å². The van der Waals surface area contributed by atoms with Crippen LogP contribution in [-0.4, -0.2) is 92.7 Å². The van der Waals surface area contributed by atoms with E-state index < -0.39 is 0 Å². The number of hydrogen-bond acceptors (Lipinski definition) is 10. The molecule has 0 radical (unpaired) electrons. The highest BCUT2D eigenvalue weighted by Gasteiger charge is 2.27. The molecule has 2 aromatic carbocycles. The maximum Gasteiger partial charge on any atom is 0.0688 e. The summed E-state index contributed by atoms with van der Waals surface area (Å²) < 4.78 is 0. The maximum absolute atomic E-state index is 9.34. The molecule has 0 bridgehead atoms. The van der Waals surface area contributed by atoms with Crippen LogP contribution >= 0.6 is 0 Å². The minimum absolute atomic E-state index is 0.00864. The van der Waals surface area contributed by atoms with Crippen molar-refractivity contribution in [2.24, 2.45) is 0 Å². The van der Waals surface area contributed by atoms with Crippen molar-refractivity contribution >= 4 is 28.4 Å². The van der Waals surface area contributed by atoms with Gasteiger partial charge in [-0.15, -0.1) is 0 Å². The number of hydrogen-bond donors (Lipinski definition) is 7. The number of piperazine rings is 1. The normalized spacial score (nSPS) is 16.0. The Morgan fingerprint density at radius 2 is 1.32 bits per heavy atom. The highest BCUT2D eigenvalue weighted by Crippen LogP contribution is 2.37. The average molecular weight is 475 g/mol. The Hall–Kier alpha value is -2.76. The molecule has 0 aromatic heterocycles. The van der Waals surface area contributed by atoms with Gasteiger partial charge in [0.2, 0.25) is 0 Å². The molecule has 34 heavy (non-hydrogen) atoms. The first-order valence-electron chi connectivity index (χ1n) is 11.7. The molecule has 1 atom stereocenters. The van der Waals surface area contributed by atoms with E-state index in [0.29, 0.717) is 44.1 Å². The van der Waals surface area contributed by atoms with Crippen LogP contribution in [0, 0.1) is 0 Å². The number of nitrogens with zero attached hydrogens (tertiary/aromatic N) is 3. The van der Waals surface area contributed by atoms with Crippen LogP contribution in [0.25, 0.3) is 0 Å². The highest BCUT2D eigenvalue weighted by molar-refractivity contribution is 5.75. The van der Waals surface area contributed by atoms with Gasteiger partial charge >= 0.3 is 0 Å². The Labute approximate surface area is 201 Å². The number of benzene rings is 2. The Morgan fingerprint density at radius 3 is 1.82 bits per heavy atom. The quantitative estimate of drug-likeness (QED) is 0.202. The molecule has 10 nitrogen and oxygen atoms in total. The van der Waals surface area contributed by atoms with Crippen molar-refractivity contribution in [3.8, 4) is 0 Å². The van der Waals surface area contributed by atoms with E-state index in [-0.39, 0.29) is 32.5 Å². The molecule has 1 fully saturated rings. The third kappa shape index (κ3) is 6.02. The van der Waals surface area contributed by atoms with Crippen LogP contribution in [0.2, 0.25) is 0 Å². The van der Waals surface area contributed by atoms with Crippen LogP contribution in [0.5, 0.6) is 0 Å². The van der Waals surface area contributed by atoms with E-state index in [2.05, 4.69) is 10.2 Å². The molecule has 0 saturated carbocycles. The first kappa shape index (κ1) is 25.9. The predicted molar refractivity (Wildman–Crippen MR) is 137 cm³/mol. The van der Waals surface area contributed by atoms with E-state index in [1.807, 2.05) is 46.2 Å². The highest BCUT2D eigenvalue weighted by atomic mass is 16.3. The van der Waals surface area contributed by atoms with E-state index in [0.717, 1.165) is 35.7 Å². The van der Waals surface area contributed by atoms with Crippen molar-refractivity contribution in [1.82, 2.24) is 5.32 Å². The summed E-state index contributed by atoms with van der Waals surface area (Å²) in [5.74, 6) is 0. The third-order valence-electron chi connectivity index (χ3n) is 6.20. The summed E-state index contributed by atoms with van der Waals surface area (Å²) in [5.41, 5.74) is 17.9. The fraction of sp³-hybridized carbons (Fsp3) is 0.500. The lowest BCUT2D eigenvalue weighted by molar-refractivity contribution is 0.280. The Kier molecular flexibility index (Phi) is 9.61. The molecule has 1 heterocycles. The van der Waals surface area contributed by atoms with E-state index in [4.69, 9.17) is 11.5 Å². The van der Waals surface area contributed by atoms with Gasteiger partial charge in [0.15, 0.2) is 0 Å². The summed E-state index contributed by atoms with van der Waals surface area (Å²) in [6, 6.07) is 11.7. The van der Waals surface area contributed by atoms with Crippen LogP contribution in [-0.2, 0) is 0 Å². The zero-order chi connectivity index (χ0) is 24.5. The minimum Gasteiger partial charge on any atom is -0.398 e. The predicted octanol–water partition coefficient (Wildman–Crippen LogP) is -0.416. The van der Waals surface area contributed by atoms with Crippen molar-refractivity contribution in [3.63, 3.8) is 0 Å². The first-order chi connectivity index (χ1) is 16.5. The molecular formula is C24H38N6O4. The summed E-state index contributed by atoms with van der Waals surface area (Å²) in [4.78, 5) is 6.05. The van der Waals surface area contributed by atoms with Gasteiger partial charge in [0.25, 0.3) is 0 Å². The van der Waals surface area contributed by atoms with Gasteiger partial charge in [-0.3, -0.25) is 0 Å². The number of rotatable bonds is 12. The van der Waals surface area contributed by atoms with Gasteiger partial charge in [-0.05, 0) is 35.9 Å². The molecule has 2 aromatic rings. The molecule has 1 aliphatic rings. The summed E-state index contributed by atoms with van der Waals surface area (Å²) in [6.45, 7) is 3.93. The van der Waals surface area contributed by atoms with E-state index in [1.54, 1.807) is 0 Å². The fourth-order valence-electron chi connectivity index (χ4n) is 4.56. The second-order valence-electron chi connectivity index (χ2n) is 8.34. The van der Waals surface area contributed by atoms with Crippen molar-refractivity contribution in [2.75, 3.05) is 98.4 Å². The molecule has 1 unspecified atom stereocenters. The van der Waals surface area contributed by atoms with Gasteiger partial charge in [0.1, 0.15) is 0 Å². The van der Waals surface area contributed by atoms with Crippen molar-refractivity contribution in [2.45, 2.75) is 6.04 Å². The third-order valence-corrected chi connectivity index (χ3v) is 6.20. The van der Waals surface area contributed by atoms with Crippen LogP contribution < -0.4 is 31.5 Å². The lowest BCUT2D eigenvalue weighted by atomic mass is 9.99. The van der Waals surface area contributed by atoms with Crippen molar-refractivity contribution in [3.05, 3.63) is 42.0 Å². The van der Waals surface area contributed by atoms with E-state index in [9.17, 15) is 20.4 Å². The van der Waals surface area contributed by atoms with Crippen LogP contribution in [0.1, 0.15) is 11.6 Å². The number of anilines is 5. The van der Waals surface area contributed by atoms with E-state index >= 15 is 0 Å². The second kappa shape index (κ2) is 12.6. The number of nitrogens with two attached hydrogens (primary N) is 2. The number of nitrogen functional groups attached to an aromatic ring is 2. The molecule has 0 spiro atoms. The van der Waals surface area contributed by atoms with Crippen LogP contribution in [0.3, 0.4) is 0 Å². The standard InChI is InChI=1S/C24H38N6O4/c25-21-15-18(28(7-11-31)8-12-32)1-3-20(21)24-17-27-5-6-30(24)23-4-2-19(16-22(23)26)29(9-13-33)10-14-34/h1-4,15-16,24,27,31-34H,5-14,17,25-26H2. The molecule has 188 valence electrons. The molecular weight excluding hydrogens is 436 g/mol. The Balaban J connectivity index is 1.88. The van der Waals surface area contributed by atoms with Crippen molar-refractivity contribution in [1.29, 1.82) is 0 Å². The van der Waals surface area contributed by atoms with Crippen LogP contribution in [0.4, 0.5) is 28.4 Å². The Morgan fingerprint density at radius 1 is 0.794 bits per heavy atom. The smallest absolute Gasteiger partial charge is 0.0688 e. The molecule has 3 rings (SSSR count). The lowest BCUT2D eigenvalue weighted by Crippen LogP contribution is -2.46. The molecule has 0 amide bonds. The van der Waals surface area contributed by atoms with Gasteiger partial charge < -0.3 is 51.9 Å². The molecule has 1 aliphatic heterocycles. The fourth-order valence-corrected chi connectivity index (χ4v) is 4.56. The Bertz CT molecular complexity index is 830. The zero-order valence-corrected chi connectivity index (χ0v) is 19.6. The summed E-state index contributed by atoms with van der Waals surface area (Å²) in [5, 5.41) is 40.8. The number of nitrogens with one attached hydrogen (secondary N) is 1. The molecule has 10 heteroatoms.